The second-order valence-corrected chi connectivity index (χ2v) is 7.39. The zero-order valence-electron chi connectivity index (χ0n) is 17.3. The summed E-state index contributed by atoms with van der Waals surface area (Å²) >= 11 is 0. The van der Waals surface area contributed by atoms with Crippen LogP contribution in [0, 0.1) is 0 Å². The van der Waals surface area contributed by atoms with Crippen LogP contribution < -0.4 is 10.6 Å². The lowest BCUT2D eigenvalue weighted by molar-refractivity contribution is 0.251. The van der Waals surface area contributed by atoms with Crippen molar-refractivity contribution in [3.05, 3.63) is 120 Å². The van der Waals surface area contributed by atoms with Gasteiger partial charge in [-0.3, -0.25) is 4.98 Å². The van der Waals surface area contributed by atoms with Crippen molar-refractivity contribution >= 4 is 11.7 Å². The first kappa shape index (κ1) is 20.4. The molecule has 31 heavy (non-hydrogen) atoms. The molecule has 2 amide bonds. The number of hydrogen-bond acceptors (Lipinski definition) is 2. The van der Waals surface area contributed by atoms with Crippen LogP contribution >= 0.6 is 0 Å². The number of pyridine rings is 1. The highest BCUT2D eigenvalue weighted by Crippen LogP contribution is 2.24. The smallest absolute Gasteiger partial charge is 0.319 e. The van der Waals surface area contributed by atoms with Crippen molar-refractivity contribution in [2.75, 3.05) is 5.32 Å². The van der Waals surface area contributed by atoms with Gasteiger partial charge in [-0.2, -0.15) is 0 Å². The number of nitrogens with one attached hydrogen (secondary N) is 2. The number of hydrogen-bond donors (Lipinski definition) is 2. The second-order valence-electron chi connectivity index (χ2n) is 7.39. The average Bonchev–Trinajstić information content (AvgIpc) is 2.84. The summed E-state index contributed by atoms with van der Waals surface area (Å²) in [5.41, 5.74) is 6.84. The molecule has 0 unspecified atom stereocenters. The minimum absolute atomic E-state index is 0.228. The Kier molecular flexibility index (Phi) is 6.71. The van der Waals surface area contributed by atoms with E-state index in [1.807, 2.05) is 30.3 Å². The van der Waals surface area contributed by atoms with E-state index in [1.165, 1.54) is 22.3 Å². The summed E-state index contributed by atoms with van der Waals surface area (Å²) in [7, 11) is 0. The van der Waals surface area contributed by atoms with E-state index in [2.05, 4.69) is 76.3 Å². The zero-order valence-corrected chi connectivity index (χ0v) is 17.3. The van der Waals surface area contributed by atoms with E-state index in [4.69, 9.17) is 0 Å². The summed E-state index contributed by atoms with van der Waals surface area (Å²) in [6.07, 6.45) is 5.36. The Hall–Kier alpha value is -3.92. The van der Waals surface area contributed by atoms with Crippen molar-refractivity contribution in [1.29, 1.82) is 0 Å². The fourth-order valence-electron chi connectivity index (χ4n) is 3.53. The lowest BCUT2D eigenvalue weighted by atomic mass is 9.95. The molecule has 1 heterocycles. The number of urea groups is 1. The maximum absolute atomic E-state index is 12.1. The van der Waals surface area contributed by atoms with Gasteiger partial charge in [-0.15, -0.1) is 0 Å². The molecular formula is C27H25N3O. The van der Waals surface area contributed by atoms with Crippen LogP contribution in [-0.4, -0.2) is 11.0 Å². The molecule has 0 spiro atoms. The van der Waals surface area contributed by atoms with Gasteiger partial charge in [0.2, 0.25) is 0 Å². The van der Waals surface area contributed by atoms with Crippen molar-refractivity contribution in [3.8, 4) is 11.1 Å². The van der Waals surface area contributed by atoms with Gasteiger partial charge in [-0.1, -0.05) is 72.8 Å². The first-order valence-corrected chi connectivity index (χ1v) is 10.4. The van der Waals surface area contributed by atoms with Crippen molar-refractivity contribution in [2.45, 2.75) is 19.4 Å². The van der Waals surface area contributed by atoms with Crippen LogP contribution in [0.25, 0.3) is 11.1 Å². The lowest BCUT2D eigenvalue weighted by Gasteiger charge is -2.11. The topological polar surface area (TPSA) is 54.0 Å². The third kappa shape index (κ3) is 5.80. The Balaban J connectivity index is 1.32. The van der Waals surface area contributed by atoms with E-state index >= 15 is 0 Å². The molecule has 4 heteroatoms. The maximum Gasteiger partial charge on any atom is 0.319 e. The van der Waals surface area contributed by atoms with Crippen molar-refractivity contribution in [1.82, 2.24) is 10.3 Å². The summed E-state index contributed by atoms with van der Waals surface area (Å²) in [6, 6.07) is 30.6. The van der Waals surface area contributed by atoms with Gasteiger partial charge in [-0.05, 0) is 58.9 Å². The zero-order chi connectivity index (χ0) is 21.3. The van der Waals surface area contributed by atoms with E-state index in [1.54, 1.807) is 12.4 Å². The monoisotopic (exact) mass is 407 g/mol. The van der Waals surface area contributed by atoms with Gasteiger partial charge in [0, 0.05) is 24.6 Å². The Morgan fingerprint density at radius 2 is 1.52 bits per heavy atom. The number of carbonyl (C=O) groups is 1. The molecule has 0 saturated heterocycles. The van der Waals surface area contributed by atoms with Crippen LogP contribution in [0.1, 0.15) is 16.7 Å². The molecule has 154 valence electrons. The molecule has 0 saturated carbocycles. The second kappa shape index (κ2) is 10.2. The first-order chi connectivity index (χ1) is 15.3. The SMILES string of the molecule is O=C(NCc1cccnc1)Nc1ccc(CCc2ccccc2-c2ccccc2)cc1. The van der Waals surface area contributed by atoms with Gasteiger partial charge in [-0.25, -0.2) is 4.79 Å². The van der Waals surface area contributed by atoms with Crippen LogP contribution in [-0.2, 0) is 19.4 Å². The predicted molar refractivity (Wildman–Crippen MR) is 126 cm³/mol. The van der Waals surface area contributed by atoms with Gasteiger partial charge in [0.25, 0.3) is 0 Å². The summed E-state index contributed by atoms with van der Waals surface area (Å²) in [6.45, 7) is 0.443. The normalized spacial score (nSPS) is 10.5. The average molecular weight is 408 g/mol. The minimum Gasteiger partial charge on any atom is -0.334 e. The first-order valence-electron chi connectivity index (χ1n) is 10.4. The highest BCUT2D eigenvalue weighted by molar-refractivity contribution is 5.89. The maximum atomic E-state index is 12.1. The summed E-state index contributed by atoms with van der Waals surface area (Å²) in [4.78, 5) is 16.2. The number of aromatic nitrogens is 1. The van der Waals surface area contributed by atoms with Gasteiger partial charge in [0.1, 0.15) is 0 Å². The molecule has 0 fully saturated rings. The van der Waals surface area contributed by atoms with Crippen LogP contribution in [0.5, 0.6) is 0 Å². The highest BCUT2D eigenvalue weighted by atomic mass is 16.2. The Labute approximate surface area is 183 Å². The van der Waals surface area contributed by atoms with E-state index in [0.29, 0.717) is 6.54 Å². The Morgan fingerprint density at radius 1 is 0.742 bits per heavy atom. The summed E-state index contributed by atoms with van der Waals surface area (Å²) in [5.74, 6) is 0. The molecule has 0 bridgehead atoms. The molecule has 3 aromatic carbocycles. The van der Waals surface area contributed by atoms with Crippen molar-refractivity contribution < 1.29 is 4.79 Å². The summed E-state index contributed by atoms with van der Waals surface area (Å²) < 4.78 is 0. The molecule has 2 N–H and O–H groups in total. The third-order valence-electron chi connectivity index (χ3n) is 5.17. The molecule has 0 atom stereocenters. The van der Waals surface area contributed by atoms with E-state index in [-0.39, 0.29) is 6.03 Å². The van der Waals surface area contributed by atoms with Gasteiger partial charge in [0.15, 0.2) is 0 Å². The number of rotatable bonds is 7. The Bertz CT molecular complexity index is 1110. The number of aryl methyl sites for hydroxylation is 2. The van der Waals surface area contributed by atoms with E-state index < -0.39 is 0 Å². The summed E-state index contributed by atoms with van der Waals surface area (Å²) in [5, 5.41) is 5.71. The van der Waals surface area contributed by atoms with E-state index in [9.17, 15) is 4.79 Å². The number of carbonyl (C=O) groups excluding carboxylic acids is 1. The van der Waals surface area contributed by atoms with Crippen LogP contribution in [0.3, 0.4) is 0 Å². The number of nitrogens with zero attached hydrogens (tertiary/aromatic N) is 1. The largest absolute Gasteiger partial charge is 0.334 e. The molecule has 4 nitrogen and oxygen atoms in total. The van der Waals surface area contributed by atoms with Crippen LogP contribution in [0.15, 0.2) is 103 Å². The van der Waals surface area contributed by atoms with Crippen molar-refractivity contribution in [3.63, 3.8) is 0 Å². The molecule has 1 aromatic heterocycles. The molecular weight excluding hydrogens is 382 g/mol. The predicted octanol–water partition coefficient (Wildman–Crippen LogP) is 5.86. The Morgan fingerprint density at radius 3 is 2.29 bits per heavy atom. The molecule has 4 aromatic rings. The van der Waals surface area contributed by atoms with Crippen LogP contribution in [0.4, 0.5) is 10.5 Å². The van der Waals surface area contributed by atoms with Gasteiger partial charge >= 0.3 is 6.03 Å². The van der Waals surface area contributed by atoms with Gasteiger partial charge in [0.05, 0.1) is 0 Å². The highest BCUT2D eigenvalue weighted by Gasteiger charge is 2.06. The van der Waals surface area contributed by atoms with E-state index in [0.717, 1.165) is 24.1 Å². The number of amides is 2. The van der Waals surface area contributed by atoms with Crippen molar-refractivity contribution in [2.24, 2.45) is 0 Å². The molecule has 4 rings (SSSR count). The molecule has 0 aliphatic rings. The fourth-order valence-corrected chi connectivity index (χ4v) is 3.53. The molecule has 0 aliphatic heterocycles. The number of anilines is 1. The lowest BCUT2D eigenvalue weighted by Crippen LogP contribution is -2.28. The van der Waals surface area contributed by atoms with Crippen LogP contribution in [0.2, 0.25) is 0 Å². The quantitative estimate of drug-likeness (QED) is 0.403. The number of benzene rings is 3. The third-order valence-corrected chi connectivity index (χ3v) is 5.17. The fraction of sp³-hybridized carbons (Fsp3) is 0.111. The van der Waals surface area contributed by atoms with Gasteiger partial charge < -0.3 is 10.6 Å². The molecule has 0 aliphatic carbocycles. The standard InChI is InChI=1S/C27H25N3O/c31-27(29-20-22-7-6-18-28-19-22)30-25-16-13-21(14-17-25)12-15-24-10-4-5-11-26(24)23-8-2-1-3-9-23/h1-11,13-14,16-19H,12,15,20H2,(H2,29,30,31). The molecule has 0 radical (unpaired) electrons. The minimum atomic E-state index is -0.228.